The molecule has 0 heteroatoms. The Balaban J connectivity index is 3.43. The van der Waals surface area contributed by atoms with Gasteiger partial charge in [-0.05, 0) is 5.92 Å². The van der Waals surface area contributed by atoms with Gasteiger partial charge in [-0.3, -0.25) is 0 Å². The van der Waals surface area contributed by atoms with Crippen LogP contribution in [-0.2, 0) is 0 Å². The summed E-state index contributed by atoms with van der Waals surface area (Å²) in [5.41, 5.74) is 0. The van der Waals surface area contributed by atoms with Crippen molar-refractivity contribution in [3.8, 4) is 0 Å². The zero-order chi connectivity index (χ0) is 13.5. The van der Waals surface area contributed by atoms with E-state index in [2.05, 4.69) is 20.8 Å². The molecule has 0 aromatic rings. The predicted octanol–water partition coefficient (Wildman–Crippen LogP) is 6.94. The van der Waals surface area contributed by atoms with Crippen LogP contribution in [0.4, 0.5) is 0 Å². The van der Waals surface area contributed by atoms with Crippen molar-refractivity contribution < 1.29 is 0 Å². The van der Waals surface area contributed by atoms with Crippen LogP contribution >= 0.6 is 0 Å². The summed E-state index contributed by atoms with van der Waals surface area (Å²) in [6.45, 7) is 8.54. The zero-order valence-electron chi connectivity index (χ0n) is 13.2. The molecule has 0 aromatic heterocycles. The number of hydrogen-bond donors (Lipinski definition) is 0. The summed E-state index contributed by atoms with van der Waals surface area (Å²) in [5, 5.41) is 0. The van der Waals surface area contributed by atoms with Gasteiger partial charge in [-0.1, -0.05) is 111 Å². The van der Waals surface area contributed by atoms with Gasteiger partial charge in [-0.25, -0.2) is 0 Å². The van der Waals surface area contributed by atoms with Gasteiger partial charge in [0, 0.05) is 0 Å². The van der Waals surface area contributed by atoms with Crippen molar-refractivity contribution in [3.63, 3.8) is 0 Å². The van der Waals surface area contributed by atoms with Crippen LogP contribution < -0.4 is 0 Å². The van der Waals surface area contributed by atoms with Crippen LogP contribution in [0.15, 0.2) is 0 Å². The van der Waals surface area contributed by atoms with Gasteiger partial charge < -0.3 is 0 Å². The second kappa shape index (κ2) is 15.1. The Labute approximate surface area is 117 Å². The average Bonchev–Trinajstić information content (AvgIpc) is 2.40. The Morgan fingerprint density at radius 2 is 1.06 bits per heavy atom. The third-order valence-corrected chi connectivity index (χ3v) is 4.04. The van der Waals surface area contributed by atoms with E-state index < -0.39 is 0 Å². The van der Waals surface area contributed by atoms with Crippen molar-refractivity contribution in [1.29, 1.82) is 0 Å². The fourth-order valence-corrected chi connectivity index (χ4v) is 2.74. The molecule has 18 heavy (non-hydrogen) atoms. The van der Waals surface area contributed by atoms with E-state index in [1.807, 2.05) is 0 Å². The van der Waals surface area contributed by atoms with E-state index >= 15 is 0 Å². The minimum atomic E-state index is 1.03. The summed E-state index contributed by atoms with van der Waals surface area (Å²) < 4.78 is 0. The zero-order valence-corrected chi connectivity index (χ0v) is 13.2. The summed E-state index contributed by atoms with van der Waals surface area (Å²) in [6, 6.07) is 0. The first-order chi connectivity index (χ1) is 8.85. The molecule has 0 spiro atoms. The first kappa shape index (κ1) is 18.0. The molecule has 0 bridgehead atoms. The molecular weight excluding hydrogens is 216 g/mol. The molecule has 0 aliphatic carbocycles. The van der Waals surface area contributed by atoms with Gasteiger partial charge in [-0.15, -0.1) is 0 Å². The van der Waals surface area contributed by atoms with Gasteiger partial charge in [0.2, 0.25) is 0 Å². The maximum atomic E-state index is 3.90. The standard InChI is InChI=1S/C18H37/c1-4-7-10-11-12-13-14-17-18(15-8-5-2)16-9-6-3/h18H,1,4-17H2,2-3H3. The average molecular weight is 253 g/mol. The monoisotopic (exact) mass is 253 g/mol. The van der Waals surface area contributed by atoms with E-state index in [1.165, 1.54) is 83.5 Å². The molecule has 0 heterocycles. The molecule has 1 radical (unpaired) electrons. The number of unbranched alkanes of at least 4 members (excludes halogenated alkanes) is 8. The highest BCUT2D eigenvalue weighted by atomic mass is 14.1. The SMILES string of the molecule is [CH2]CCCCCCCCC(CCCC)CCCC. The molecule has 0 aromatic carbocycles. The van der Waals surface area contributed by atoms with E-state index in [0.717, 1.165) is 12.3 Å². The van der Waals surface area contributed by atoms with E-state index in [0.29, 0.717) is 0 Å². The highest BCUT2D eigenvalue weighted by Gasteiger charge is 2.07. The molecule has 0 fully saturated rings. The molecule has 0 N–H and O–H groups in total. The van der Waals surface area contributed by atoms with Crippen molar-refractivity contribution >= 4 is 0 Å². The summed E-state index contributed by atoms with van der Waals surface area (Å²) in [7, 11) is 0. The van der Waals surface area contributed by atoms with Gasteiger partial charge in [0.25, 0.3) is 0 Å². The van der Waals surface area contributed by atoms with Crippen molar-refractivity contribution in [2.24, 2.45) is 5.92 Å². The van der Waals surface area contributed by atoms with Crippen LogP contribution in [0.3, 0.4) is 0 Å². The van der Waals surface area contributed by atoms with Gasteiger partial charge in [-0.2, -0.15) is 0 Å². The molecule has 0 unspecified atom stereocenters. The largest absolute Gasteiger partial charge is 0.0654 e. The second-order valence-corrected chi connectivity index (χ2v) is 5.91. The lowest BCUT2D eigenvalue weighted by atomic mass is 9.90. The van der Waals surface area contributed by atoms with E-state index in [9.17, 15) is 0 Å². The third kappa shape index (κ3) is 12.5. The Bertz CT molecular complexity index is 131. The smallest absolute Gasteiger partial charge is 0.0414 e. The van der Waals surface area contributed by atoms with Crippen LogP contribution in [0, 0.1) is 12.8 Å². The van der Waals surface area contributed by atoms with Crippen molar-refractivity contribution in [2.75, 3.05) is 0 Å². The van der Waals surface area contributed by atoms with Gasteiger partial charge >= 0.3 is 0 Å². The lowest BCUT2D eigenvalue weighted by Gasteiger charge is -2.16. The molecule has 0 atom stereocenters. The molecule has 0 nitrogen and oxygen atoms in total. The fourth-order valence-electron chi connectivity index (χ4n) is 2.74. The van der Waals surface area contributed by atoms with Gasteiger partial charge in [0.05, 0.1) is 0 Å². The van der Waals surface area contributed by atoms with Crippen molar-refractivity contribution in [1.82, 2.24) is 0 Å². The molecule has 0 saturated carbocycles. The van der Waals surface area contributed by atoms with Crippen LogP contribution in [0.25, 0.3) is 0 Å². The maximum absolute atomic E-state index is 3.90. The molecule has 0 aliphatic heterocycles. The second-order valence-electron chi connectivity index (χ2n) is 5.91. The van der Waals surface area contributed by atoms with E-state index in [-0.39, 0.29) is 0 Å². The molecule has 0 amide bonds. The summed E-state index contributed by atoms with van der Waals surface area (Å²) >= 11 is 0. The summed E-state index contributed by atoms with van der Waals surface area (Å²) in [4.78, 5) is 0. The first-order valence-corrected chi connectivity index (χ1v) is 8.64. The molecule has 0 saturated heterocycles. The molecule has 0 aliphatic rings. The quantitative estimate of drug-likeness (QED) is 0.294. The number of rotatable bonds is 14. The third-order valence-electron chi connectivity index (χ3n) is 4.04. The van der Waals surface area contributed by atoms with Crippen LogP contribution in [-0.4, -0.2) is 0 Å². The van der Waals surface area contributed by atoms with Gasteiger partial charge in [0.1, 0.15) is 0 Å². The Morgan fingerprint density at radius 1 is 0.611 bits per heavy atom. The lowest BCUT2D eigenvalue weighted by molar-refractivity contribution is 0.376. The normalized spacial score (nSPS) is 11.3. The van der Waals surface area contributed by atoms with Crippen LogP contribution in [0.2, 0.25) is 0 Å². The number of hydrogen-bond acceptors (Lipinski definition) is 0. The summed E-state index contributed by atoms with van der Waals surface area (Å²) in [6.07, 6.45) is 19.8. The van der Waals surface area contributed by atoms with Crippen molar-refractivity contribution in [2.45, 2.75) is 104 Å². The van der Waals surface area contributed by atoms with Gasteiger partial charge in [0.15, 0.2) is 0 Å². The molecule has 0 rings (SSSR count). The Kier molecular flexibility index (Phi) is 15.1. The first-order valence-electron chi connectivity index (χ1n) is 8.64. The predicted molar refractivity (Wildman–Crippen MR) is 84.8 cm³/mol. The lowest BCUT2D eigenvalue weighted by Crippen LogP contribution is -2.01. The van der Waals surface area contributed by atoms with Crippen molar-refractivity contribution in [3.05, 3.63) is 6.92 Å². The topological polar surface area (TPSA) is 0 Å². The molecular formula is C18H37. The van der Waals surface area contributed by atoms with E-state index in [4.69, 9.17) is 0 Å². The Hall–Kier alpha value is 0. The minimum Gasteiger partial charge on any atom is -0.0654 e. The minimum absolute atomic E-state index is 1.03. The maximum Gasteiger partial charge on any atom is -0.0414 e. The highest BCUT2D eigenvalue weighted by molar-refractivity contribution is 4.60. The Morgan fingerprint density at radius 3 is 1.56 bits per heavy atom. The van der Waals surface area contributed by atoms with E-state index in [1.54, 1.807) is 0 Å². The highest BCUT2D eigenvalue weighted by Crippen LogP contribution is 2.22. The molecule has 109 valence electrons. The summed E-state index contributed by atoms with van der Waals surface area (Å²) in [5.74, 6) is 1.03. The van der Waals surface area contributed by atoms with Crippen LogP contribution in [0.1, 0.15) is 104 Å². The van der Waals surface area contributed by atoms with Crippen LogP contribution in [0.5, 0.6) is 0 Å². The fraction of sp³-hybridized carbons (Fsp3) is 0.944.